The van der Waals surface area contributed by atoms with Gasteiger partial charge in [0.25, 0.3) is 24.9 Å². The third-order valence-corrected chi connectivity index (χ3v) is 17.4. The van der Waals surface area contributed by atoms with Crippen LogP contribution < -0.4 is 43.1 Å². The first-order chi connectivity index (χ1) is 36.6. The van der Waals surface area contributed by atoms with E-state index in [2.05, 4.69) is 38.9 Å². The van der Waals surface area contributed by atoms with Gasteiger partial charge in [-0.3, -0.25) is 51.7 Å². The molecule has 3 aliphatic rings. The average molecular weight is 1190 g/mol. The zero-order valence-corrected chi connectivity index (χ0v) is 44.1. The summed E-state index contributed by atoms with van der Waals surface area (Å²) in [5.74, 6) is -2.01. The number of amides is 1. The molecule has 1 amide bonds. The highest BCUT2D eigenvalue weighted by Crippen LogP contribution is 2.68. The van der Waals surface area contributed by atoms with Crippen LogP contribution in [0.3, 0.4) is 0 Å². The summed E-state index contributed by atoms with van der Waals surface area (Å²) in [5.41, 5.74) is 9.13. The molecular formula is C36H51N13O25P4. The molecule has 4 unspecified atom stereocenters. The molecule has 0 aliphatic carbocycles. The lowest BCUT2D eigenvalue weighted by molar-refractivity contribution is -0.745. The van der Waals surface area contributed by atoms with Crippen LogP contribution in [0.1, 0.15) is 38.4 Å². The van der Waals surface area contributed by atoms with E-state index in [4.69, 9.17) is 48.5 Å². The molecule has 0 bridgehead atoms. The fraction of sp³-hybridized carbons (Fsp3) is 0.583. The second-order valence-corrected chi connectivity index (χ2v) is 23.4. The number of phosphoric acid groups is 4. The summed E-state index contributed by atoms with van der Waals surface area (Å²) in [6.45, 7) is -2.02. The van der Waals surface area contributed by atoms with Crippen molar-refractivity contribution in [1.82, 2.24) is 48.9 Å². The second kappa shape index (κ2) is 23.2. The lowest BCUT2D eigenvalue weighted by atomic mass is 9.98. The first-order valence-corrected chi connectivity index (χ1v) is 28.7. The zero-order valence-electron chi connectivity index (χ0n) is 40.5. The maximum atomic E-state index is 13.5. The van der Waals surface area contributed by atoms with Crippen LogP contribution in [0.5, 0.6) is 0 Å². The van der Waals surface area contributed by atoms with Crippen LogP contribution in [0.15, 0.2) is 45.6 Å². The van der Waals surface area contributed by atoms with Crippen LogP contribution in [0.4, 0.5) is 11.8 Å². The number of aliphatic hydroxyl groups excluding tert-OH is 3. The van der Waals surface area contributed by atoms with Gasteiger partial charge in [0.1, 0.15) is 54.6 Å². The molecule has 5 aromatic heterocycles. The van der Waals surface area contributed by atoms with E-state index in [1.165, 1.54) is 27.1 Å². The standard InChI is InChI=1S/C36H51N13O25P4/c1-4-5-19(50)39-8-15-16(69-32(23(15)52)49-14-46(2)22-30(49)44-35(38)45-31(22)55)9-67-76(59,60)73-78(63,64)74-77(61,62)68-11-18-26(27(65-3)34(71-18)48-13-42-21-28(37)40-12-41-29(21)48)72-75(57,58)66-10-17-24(53)25(54)33(70-17)47-7-6-20(51)43-36(47)56/h6-7,12-18,23-27,32-34,52-54H,4-5,8-11H2,1-3H3,(H10-,37,38,39,40,41,43,44,45,50,51,55,56,57,58,59,60,61,62,63,64)/t15-,16-,17-,18-,23-,24-,25-,26-,27-,32-,33-,34-/m1/s1. The number of aromatic nitrogens is 10. The van der Waals surface area contributed by atoms with E-state index >= 15 is 0 Å². The summed E-state index contributed by atoms with van der Waals surface area (Å²) in [6, 6.07) is 0.912. The van der Waals surface area contributed by atoms with Crippen molar-refractivity contribution in [3.05, 3.63) is 62.4 Å². The van der Waals surface area contributed by atoms with Crippen molar-refractivity contribution in [2.75, 3.05) is 44.9 Å². The minimum atomic E-state index is -6.24. The summed E-state index contributed by atoms with van der Waals surface area (Å²) in [5, 5.41) is 35.3. The van der Waals surface area contributed by atoms with Gasteiger partial charge in [-0.25, -0.2) is 38.0 Å². The number of aryl methyl sites for hydroxylation is 1. The fourth-order valence-corrected chi connectivity index (χ4v) is 13.1. The van der Waals surface area contributed by atoms with Crippen LogP contribution in [-0.4, -0.2) is 162 Å². The highest BCUT2D eigenvalue weighted by atomic mass is 31.3. The maximum Gasteiger partial charge on any atom is 0.490 e. The highest BCUT2D eigenvalue weighted by molar-refractivity contribution is 7.66. The number of hydrogen-bond donors (Lipinski definition) is 11. The third kappa shape index (κ3) is 12.9. The van der Waals surface area contributed by atoms with Gasteiger partial charge in [-0.05, 0) is 6.42 Å². The topological polar surface area (TPSA) is 539 Å². The predicted octanol–water partition coefficient (Wildman–Crippen LogP) is -4.34. The Morgan fingerprint density at radius 2 is 1.53 bits per heavy atom. The summed E-state index contributed by atoms with van der Waals surface area (Å²) < 4.78 is 109. The molecule has 0 saturated carbocycles. The molecule has 3 aliphatic heterocycles. The Morgan fingerprint density at radius 3 is 2.19 bits per heavy atom. The molecule has 8 heterocycles. The summed E-state index contributed by atoms with van der Waals surface area (Å²) in [4.78, 5) is 115. The molecule has 3 fully saturated rings. The predicted molar refractivity (Wildman–Crippen MR) is 251 cm³/mol. The fourth-order valence-electron chi connectivity index (χ4n) is 8.67. The Bertz CT molecular complexity index is 3410. The molecule has 8 rings (SSSR count). The molecule has 13 N–H and O–H groups in total. The van der Waals surface area contributed by atoms with Crippen LogP contribution in [0.25, 0.3) is 22.3 Å². The number of nitrogens with two attached hydrogens (primary N) is 2. The van der Waals surface area contributed by atoms with Gasteiger partial charge in [0.05, 0.1) is 39.3 Å². The van der Waals surface area contributed by atoms with Crippen molar-refractivity contribution >= 4 is 71.3 Å². The van der Waals surface area contributed by atoms with Gasteiger partial charge < -0.3 is 79.7 Å². The van der Waals surface area contributed by atoms with Gasteiger partial charge in [-0.1, -0.05) is 11.9 Å². The number of carbonyl (C=O) groups excluding carboxylic acids is 1. The van der Waals surface area contributed by atoms with E-state index in [0.717, 1.165) is 32.0 Å². The lowest BCUT2D eigenvalue weighted by Crippen LogP contribution is -2.46. The van der Waals surface area contributed by atoms with Gasteiger partial charge in [0.15, 0.2) is 30.2 Å². The van der Waals surface area contributed by atoms with E-state index < -0.39 is 147 Å². The second-order valence-electron chi connectivity index (χ2n) is 17.4. The van der Waals surface area contributed by atoms with Crippen molar-refractivity contribution in [1.29, 1.82) is 0 Å². The van der Waals surface area contributed by atoms with E-state index in [0.29, 0.717) is 11.0 Å². The number of nitrogens with zero attached hydrogens (tertiary/aromatic N) is 8. The normalized spacial score (nSPS) is 29.6. The van der Waals surface area contributed by atoms with Gasteiger partial charge in [-0.2, -0.15) is 8.62 Å². The van der Waals surface area contributed by atoms with Crippen LogP contribution in [0, 0.1) is 5.92 Å². The number of nitrogen functional groups attached to an aromatic ring is 2. The molecular weight excluding hydrogens is 1140 g/mol. The largest absolute Gasteiger partial charge is 0.756 e. The van der Waals surface area contributed by atoms with Crippen LogP contribution in [0.2, 0.25) is 0 Å². The smallest absolute Gasteiger partial charge is 0.490 e. The van der Waals surface area contributed by atoms with Gasteiger partial charge in [-0.15, -0.1) is 0 Å². The Morgan fingerprint density at radius 1 is 0.859 bits per heavy atom. The number of imidazole rings is 2. The molecule has 42 heteroatoms. The van der Waals surface area contributed by atoms with E-state index in [1.807, 2.05) is 4.98 Å². The quantitative estimate of drug-likeness (QED) is 0.0218. The molecule has 430 valence electrons. The molecule has 16 atom stereocenters. The number of hydrogen-bond acceptors (Lipinski definition) is 28. The number of anilines is 2. The molecule has 38 nitrogen and oxygen atoms in total. The van der Waals surface area contributed by atoms with Crippen molar-refractivity contribution in [2.45, 2.75) is 87.3 Å². The molecule has 78 heavy (non-hydrogen) atoms. The van der Waals surface area contributed by atoms with Crippen LogP contribution in [-0.2, 0) is 75.8 Å². The summed E-state index contributed by atoms with van der Waals surface area (Å²) in [6.07, 6.45) is -13.5. The third-order valence-electron chi connectivity index (χ3n) is 12.1. The number of ether oxygens (including phenoxy) is 4. The Balaban J connectivity index is 0.948. The SMILES string of the molecule is CCCC(=O)NC[C@H]1[C@@H](O)[C@H]([n+]2cn(C)c3c(=O)[nH]c(N)nc32)O[C@@H]1COP(=O)(O)OP(=O)(O)OP(=O)(O)OC[C@H]1O[C@@H](n2cnc3c(N)ncnc32)[C@H](OC)[C@@H]1OP(=O)([O-])OC[C@H]1O[C@@H](n2ccc(=O)[nH]c2=O)[C@H](O)[C@@H]1O. The molecule has 5 aromatic rings. The number of methoxy groups -OCH3 is 1. The Kier molecular flexibility index (Phi) is 17.5. The van der Waals surface area contributed by atoms with Gasteiger partial charge >= 0.3 is 34.8 Å². The Hall–Kier alpha value is -5.11. The van der Waals surface area contributed by atoms with Gasteiger partial charge in [0.2, 0.25) is 17.7 Å². The highest BCUT2D eigenvalue weighted by Gasteiger charge is 2.53. The molecule has 0 radical (unpaired) electrons. The minimum absolute atomic E-state index is 0.00192. The first-order valence-electron chi connectivity index (χ1n) is 22.8. The lowest BCUT2D eigenvalue weighted by Gasteiger charge is -2.31. The van der Waals surface area contributed by atoms with Crippen molar-refractivity contribution < 1.29 is 108 Å². The van der Waals surface area contributed by atoms with Gasteiger partial charge in [0, 0.05) is 38.3 Å². The maximum absolute atomic E-state index is 13.5. The number of carbonyl (C=O) groups is 1. The molecule has 3 saturated heterocycles. The first kappa shape index (κ1) is 59.0. The van der Waals surface area contributed by atoms with E-state index in [9.17, 15) is 72.3 Å². The summed E-state index contributed by atoms with van der Waals surface area (Å²) in [7, 11) is -21.3. The van der Waals surface area contributed by atoms with E-state index in [1.54, 1.807) is 6.92 Å². The minimum Gasteiger partial charge on any atom is -0.756 e. The number of rotatable bonds is 23. The average Bonchev–Trinajstić information content (AvgIpc) is 4.17. The molecule has 0 aromatic carbocycles. The number of nitrogens with one attached hydrogen (secondary N) is 3. The number of H-pyrrole nitrogens is 2. The number of aliphatic hydroxyl groups is 3. The molecule has 0 spiro atoms. The van der Waals surface area contributed by atoms with Crippen LogP contribution >= 0.6 is 31.3 Å². The number of phosphoric ester groups is 3. The van der Waals surface area contributed by atoms with E-state index in [-0.39, 0.29) is 47.1 Å². The summed E-state index contributed by atoms with van der Waals surface area (Å²) >= 11 is 0. The van der Waals surface area contributed by atoms with Crippen molar-refractivity contribution in [3.63, 3.8) is 0 Å². The van der Waals surface area contributed by atoms with Crippen molar-refractivity contribution in [3.8, 4) is 0 Å². The Labute approximate surface area is 435 Å². The monoisotopic (exact) mass is 1190 g/mol. The van der Waals surface area contributed by atoms with Crippen molar-refractivity contribution in [2.24, 2.45) is 13.0 Å². The zero-order chi connectivity index (χ0) is 56.8. The number of fused-ring (bicyclic) bond motifs is 2. The number of aromatic amines is 2.